The van der Waals surface area contributed by atoms with E-state index in [4.69, 9.17) is 5.73 Å². The summed E-state index contributed by atoms with van der Waals surface area (Å²) in [6, 6.07) is 3.69. The molecule has 1 heterocycles. The van der Waals surface area contributed by atoms with Crippen molar-refractivity contribution in [1.82, 2.24) is 5.32 Å². The Morgan fingerprint density at radius 3 is 2.89 bits per heavy atom. The molecule has 0 radical (unpaired) electrons. The zero-order valence-corrected chi connectivity index (χ0v) is 13.0. The van der Waals surface area contributed by atoms with Crippen LogP contribution in [0.4, 0.5) is 5.69 Å². The number of anilines is 1. The van der Waals surface area contributed by atoms with Crippen molar-refractivity contribution in [2.24, 2.45) is 10.2 Å². The molecule has 1 saturated heterocycles. The molecule has 0 aliphatic carbocycles. The van der Waals surface area contributed by atoms with Crippen molar-refractivity contribution in [3.8, 4) is 0 Å². The summed E-state index contributed by atoms with van der Waals surface area (Å²) in [7, 11) is 0. The van der Waals surface area contributed by atoms with Crippen LogP contribution < -0.4 is 11.1 Å². The number of halogens is 2. The Balaban J connectivity index is 2.17. The van der Waals surface area contributed by atoms with E-state index in [0.717, 1.165) is 14.5 Å². The summed E-state index contributed by atoms with van der Waals surface area (Å²) in [5.74, 6) is 0.331. The first-order chi connectivity index (χ1) is 8.56. The van der Waals surface area contributed by atoms with Crippen LogP contribution in [-0.4, -0.2) is 23.0 Å². The van der Waals surface area contributed by atoms with Gasteiger partial charge in [-0.1, -0.05) is 27.7 Å². The summed E-state index contributed by atoms with van der Waals surface area (Å²) in [6.07, 6.45) is 1.54. The van der Waals surface area contributed by atoms with Gasteiger partial charge >= 0.3 is 0 Å². The third-order valence-corrected chi connectivity index (χ3v) is 4.04. The maximum Gasteiger partial charge on any atom is 0.236 e. The van der Waals surface area contributed by atoms with Gasteiger partial charge in [-0.05, 0) is 28.1 Å². The van der Waals surface area contributed by atoms with Crippen LogP contribution >= 0.6 is 43.6 Å². The third-order valence-electron chi connectivity index (χ3n) is 2.06. The van der Waals surface area contributed by atoms with Gasteiger partial charge in [0.05, 0.1) is 17.7 Å². The molecule has 0 unspecified atom stereocenters. The normalized spacial score (nSPS) is 17.7. The second-order valence-electron chi connectivity index (χ2n) is 3.38. The van der Waals surface area contributed by atoms with Crippen LogP contribution in [0, 0.1) is 0 Å². The molecule has 8 heteroatoms. The lowest BCUT2D eigenvalue weighted by molar-refractivity contribution is -0.116. The van der Waals surface area contributed by atoms with Crippen molar-refractivity contribution >= 4 is 66.6 Å². The molecule has 0 saturated carbocycles. The van der Waals surface area contributed by atoms with Gasteiger partial charge in [-0.15, -0.1) is 5.10 Å². The number of benzene rings is 1. The number of amides is 1. The number of nitrogens with one attached hydrogen (secondary N) is 1. The van der Waals surface area contributed by atoms with Crippen LogP contribution in [0.3, 0.4) is 0 Å². The van der Waals surface area contributed by atoms with Crippen molar-refractivity contribution in [1.29, 1.82) is 0 Å². The van der Waals surface area contributed by atoms with Crippen LogP contribution in [0.15, 0.2) is 31.3 Å². The van der Waals surface area contributed by atoms with Crippen molar-refractivity contribution in [2.75, 3.05) is 11.5 Å². The van der Waals surface area contributed by atoms with E-state index in [1.807, 2.05) is 12.1 Å². The van der Waals surface area contributed by atoms with Gasteiger partial charge in [0.1, 0.15) is 0 Å². The highest BCUT2D eigenvalue weighted by Crippen LogP contribution is 2.27. The number of nitrogen functional groups attached to an aromatic ring is 1. The van der Waals surface area contributed by atoms with Crippen LogP contribution in [0.2, 0.25) is 0 Å². The Morgan fingerprint density at radius 2 is 2.22 bits per heavy atom. The van der Waals surface area contributed by atoms with Crippen molar-refractivity contribution < 1.29 is 4.79 Å². The summed E-state index contributed by atoms with van der Waals surface area (Å²) in [4.78, 5) is 10.9. The highest BCUT2D eigenvalue weighted by Gasteiger charge is 2.15. The Bertz CT molecular complexity index is 559. The van der Waals surface area contributed by atoms with Crippen molar-refractivity contribution in [2.45, 2.75) is 0 Å². The Kier molecular flexibility index (Phi) is 4.41. The Morgan fingerprint density at radius 1 is 1.44 bits per heavy atom. The van der Waals surface area contributed by atoms with Gasteiger partial charge in [0.2, 0.25) is 5.91 Å². The largest absolute Gasteiger partial charge is 0.397 e. The lowest BCUT2D eigenvalue weighted by Crippen LogP contribution is -2.19. The number of nitrogens with two attached hydrogens (primary N) is 1. The predicted molar refractivity (Wildman–Crippen MR) is 81.9 cm³/mol. The summed E-state index contributed by atoms with van der Waals surface area (Å²) in [6.45, 7) is 0. The molecule has 1 amide bonds. The molecule has 1 fully saturated rings. The third kappa shape index (κ3) is 3.33. The smallest absolute Gasteiger partial charge is 0.236 e. The van der Waals surface area contributed by atoms with E-state index in [9.17, 15) is 4.79 Å². The van der Waals surface area contributed by atoms with Crippen LogP contribution in [0.25, 0.3) is 0 Å². The van der Waals surface area contributed by atoms with Crippen LogP contribution in [0.1, 0.15) is 5.56 Å². The minimum atomic E-state index is -0.0568. The van der Waals surface area contributed by atoms with Gasteiger partial charge in [0.25, 0.3) is 0 Å². The molecule has 5 nitrogen and oxygen atoms in total. The molecule has 1 aliphatic heterocycles. The molecule has 1 aromatic rings. The van der Waals surface area contributed by atoms with E-state index in [2.05, 4.69) is 47.4 Å². The number of carbonyl (C=O) groups is 1. The monoisotopic (exact) mass is 390 g/mol. The summed E-state index contributed by atoms with van der Waals surface area (Å²) >= 11 is 8.04. The fraction of sp³-hybridized carbons (Fsp3) is 0.100. The van der Waals surface area contributed by atoms with Crippen molar-refractivity contribution in [3.05, 3.63) is 26.6 Å². The van der Waals surface area contributed by atoms with Crippen LogP contribution in [0.5, 0.6) is 0 Å². The zero-order valence-electron chi connectivity index (χ0n) is 8.98. The molecule has 0 bridgehead atoms. The van der Waals surface area contributed by atoms with E-state index in [0.29, 0.717) is 16.6 Å². The zero-order chi connectivity index (χ0) is 13.1. The Labute approximate surface area is 125 Å². The maximum atomic E-state index is 10.9. The average Bonchev–Trinajstić information content (AvgIpc) is 2.71. The van der Waals surface area contributed by atoms with E-state index < -0.39 is 0 Å². The molecular formula is C10H8Br2N4OS. The number of amidine groups is 1. The minimum Gasteiger partial charge on any atom is -0.397 e. The standard InChI is InChI=1S/C10H8Br2N4OS/c11-6-1-5(9(13)7(12)2-6)3-14-16-10-15-8(17)4-18-10/h1-3H,4,13H2,(H,15,16,17). The first kappa shape index (κ1) is 13.6. The average molecular weight is 392 g/mol. The number of hydrogen-bond acceptors (Lipinski definition) is 5. The first-order valence-electron chi connectivity index (χ1n) is 4.84. The highest BCUT2D eigenvalue weighted by molar-refractivity contribution is 9.11. The molecule has 18 heavy (non-hydrogen) atoms. The number of carbonyl (C=O) groups excluding carboxylic acids is 1. The topological polar surface area (TPSA) is 79.8 Å². The van der Waals surface area contributed by atoms with Gasteiger partial charge in [-0.3, -0.25) is 4.79 Å². The molecular weight excluding hydrogens is 384 g/mol. The first-order valence-corrected chi connectivity index (χ1v) is 7.41. The quantitative estimate of drug-likeness (QED) is 0.461. The molecule has 1 aliphatic rings. The molecule has 0 spiro atoms. The van der Waals surface area contributed by atoms with Gasteiger partial charge < -0.3 is 11.1 Å². The maximum absolute atomic E-state index is 10.9. The predicted octanol–water partition coefficient (Wildman–Crippen LogP) is 2.35. The van der Waals surface area contributed by atoms with Gasteiger partial charge in [0.15, 0.2) is 5.17 Å². The number of thioether (sulfide) groups is 1. The second kappa shape index (κ2) is 5.85. The summed E-state index contributed by atoms with van der Waals surface area (Å²) in [5, 5.41) is 10.9. The summed E-state index contributed by atoms with van der Waals surface area (Å²) < 4.78 is 1.68. The Hall–Kier alpha value is -0.860. The van der Waals surface area contributed by atoms with E-state index >= 15 is 0 Å². The van der Waals surface area contributed by atoms with Crippen molar-refractivity contribution in [3.63, 3.8) is 0 Å². The van der Waals surface area contributed by atoms with Gasteiger partial charge in [0, 0.05) is 14.5 Å². The number of nitrogens with zero attached hydrogens (tertiary/aromatic N) is 2. The van der Waals surface area contributed by atoms with E-state index in [-0.39, 0.29) is 5.91 Å². The minimum absolute atomic E-state index is 0.0568. The SMILES string of the molecule is Nc1c(Br)cc(Br)cc1C=NN=C1NC(=O)CS1. The number of hydrogen-bond donors (Lipinski definition) is 2. The van der Waals surface area contributed by atoms with E-state index in [1.54, 1.807) is 6.21 Å². The summed E-state index contributed by atoms with van der Waals surface area (Å²) in [5.41, 5.74) is 7.22. The second-order valence-corrected chi connectivity index (χ2v) is 6.11. The lowest BCUT2D eigenvalue weighted by atomic mass is 10.2. The molecule has 1 aromatic carbocycles. The molecule has 0 atom stereocenters. The molecule has 94 valence electrons. The van der Waals surface area contributed by atoms with Crippen LogP contribution in [-0.2, 0) is 4.79 Å². The van der Waals surface area contributed by atoms with Gasteiger partial charge in [-0.2, -0.15) is 5.10 Å². The lowest BCUT2D eigenvalue weighted by Gasteiger charge is -2.03. The number of rotatable bonds is 2. The molecule has 0 aromatic heterocycles. The highest BCUT2D eigenvalue weighted by atomic mass is 79.9. The fourth-order valence-electron chi connectivity index (χ4n) is 1.23. The molecule has 2 rings (SSSR count). The molecule has 3 N–H and O–H groups in total. The van der Waals surface area contributed by atoms with Gasteiger partial charge in [-0.25, -0.2) is 0 Å². The van der Waals surface area contributed by atoms with E-state index in [1.165, 1.54) is 11.8 Å². The fourth-order valence-corrected chi connectivity index (χ4v) is 3.12.